The molecule has 0 saturated carbocycles. The van der Waals surface area contributed by atoms with Crippen LogP contribution >= 0.6 is 0 Å². The zero-order valence-electron chi connectivity index (χ0n) is 18.1. The fourth-order valence-electron chi connectivity index (χ4n) is 4.15. The number of hydrogen-bond donors (Lipinski definition) is 0. The van der Waals surface area contributed by atoms with Gasteiger partial charge < -0.3 is 18.8 Å². The standard InChI is InChI=1S/C24H26N4O4/c1-30-19-7-4-17(5-8-19)23-25-26-24(32-23)22-12-20(31-21-14-28(15-21)16-29)9-6-18(22)13-27-10-2-3-11-27/h4-9,12,16,21H,2-3,10-11,13-15H2,1H3. The Morgan fingerprint density at radius 1 is 1.03 bits per heavy atom. The third-order valence-electron chi connectivity index (χ3n) is 5.99. The molecule has 0 unspecified atom stereocenters. The van der Waals surface area contributed by atoms with Crippen LogP contribution in [0.25, 0.3) is 22.9 Å². The summed E-state index contributed by atoms with van der Waals surface area (Å²) in [4.78, 5) is 14.9. The number of methoxy groups -OCH3 is 1. The first-order chi connectivity index (χ1) is 15.7. The lowest BCUT2D eigenvalue weighted by atomic mass is 10.1. The van der Waals surface area contributed by atoms with Gasteiger partial charge in [-0.15, -0.1) is 10.2 Å². The fourth-order valence-corrected chi connectivity index (χ4v) is 4.15. The van der Waals surface area contributed by atoms with Crippen molar-refractivity contribution in [3.05, 3.63) is 48.0 Å². The molecule has 2 aromatic carbocycles. The summed E-state index contributed by atoms with van der Waals surface area (Å²) in [7, 11) is 1.64. The SMILES string of the molecule is COc1ccc(-c2nnc(-c3cc(OC4CN(C=O)C4)ccc3CN3CCCC3)o2)cc1. The van der Waals surface area contributed by atoms with E-state index in [1.807, 2.05) is 36.4 Å². The maximum Gasteiger partial charge on any atom is 0.248 e. The number of rotatable bonds is 8. The second kappa shape index (κ2) is 9.00. The largest absolute Gasteiger partial charge is 0.497 e. The summed E-state index contributed by atoms with van der Waals surface area (Å²) in [6.07, 6.45) is 3.32. The lowest BCUT2D eigenvalue weighted by Gasteiger charge is -2.36. The molecule has 5 rings (SSSR count). The highest BCUT2D eigenvalue weighted by Crippen LogP contribution is 2.32. The van der Waals surface area contributed by atoms with Crippen LogP contribution in [-0.4, -0.2) is 65.8 Å². The van der Waals surface area contributed by atoms with E-state index in [9.17, 15) is 4.79 Å². The molecule has 0 atom stereocenters. The van der Waals surface area contributed by atoms with Gasteiger partial charge in [-0.25, -0.2) is 0 Å². The van der Waals surface area contributed by atoms with Crippen molar-refractivity contribution in [1.29, 1.82) is 0 Å². The van der Waals surface area contributed by atoms with Gasteiger partial charge in [-0.2, -0.15) is 0 Å². The monoisotopic (exact) mass is 434 g/mol. The van der Waals surface area contributed by atoms with Crippen molar-refractivity contribution in [2.75, 3.05) is 33.3 Å². The van der Waals surface area contributed by atoms with Crippen LogP contribution in [0.1, 0.15) is 18.4 Å². The molecule has 0 N–H and O–H groups in total. The average molecular weight is 434 g/mol. The molecule has 2 aliphatic heterocycles. The molecule has 0 spiro atoms. The maximum absolute atomic E-state index is 10.8. The van der Waals surface area contributed by atoms with Crippen molar-refractivity contribution < 1.29 is 18.7 Å². The van der Waals surface area contributed by atoms with Crippen LogP contribution in [0.4, 0.5) is 0 Å². The fraction of sp³-hybridized carbons (Fsp3) is 0.375. The number of amides is 1. The predicted octanol–water partition coefficient (Wildman–Crippen LogP) is 3.23. The van der Waals surface area contributed by atoms with Crippen molar-refractivity contribution in [2.24, 2.45) is 0 Å². The Balaban J connectivity index is 1.42. The van der Waals surface area contributed by atoms with Gasteiger partial charge in [-0.3, -0.25) is 9.69 Å². The van der Waals surface area contributed by atoms with Gasteiger partial charge in [-0.05, 0) is 67.9 Å². The number of aromatic nitrogens is 2. The zero-order chi connectivity index (χ0) is 21.9. The number of likely N-dealkylation sites (tertiary alicyclic amines) is 2. The molecule has 0 bridgehead atoms. The molecule has 166 valence electrons. The number of ether oxygens (including phenoxy) is 2. The Morgan fingerprint density at radius 2 is 1.75 bits per heavy atom. The summed E-state index contributed by atoms with van der Waals surface area (Å²) in [5, 5.41) is 8.62. The smallest absolute Gasteiger partial charge is 0.248 e. The third-order valence-corrected chi connectivity index (χ3v) is 5.99. The van der Waals surface area contributed by atoms with Crippen molar-refractivity contribution >= 4 is 6.41 Å². The van der Waals surface area contributed by atoms with Gasteiger partial charge in [0, 0.05) is 17.7 Å². The third kappa shape index (κ3) is 4.31. The summed E-state index contributed by atoms with van der Waals surface area (Å²) in [5.41, 5.74) is 2.85. The van der Waals surface area contributed by atoms with E-state index >= 15 is 0 Å². The number of carbonyl (C=O) groups excluding carboxylic acids is 1. The van der Waals surface area contributed by atoms with Crippen LogP contribution in [0.3, 0.4) is 0 Å². The summed E-state index contributed by atoms with van der Waals surface area (Å²) < 4.78 is 17.4. The van der Waals surface area contributed by atoms with Gasteiger partial charge in [0.05, 0.1) is 20.2 Å². The first kappa shape index (κ1) is 20.5. The maximum atomic E-state index is 10.8. The van der Waals surface area contributed by atoms with Gasteiger partial charge >= 0.3 is 0 Å². The molecular formula is C24H26N4O4. The van der Waals surface area contributed by atoms with Crippen molar-refractivity contribution in [3.8, 4) is 34.4 Å². The van der Waals surface area contributed by atoms with E-state index in [4.69, 9.17) is 13.9 Å². The molecule has 8 heteroatoms. The summed E-state index contributed by atoms with van der Waals surface area (Å²) in [5.74, 6) is 2.45. The van der Waals surface area contributed by atoms with Crippen LogP contribution in [-0.2, 0) is 11.3 Å². The summed E-state index contributed by atoms with van der Waals surface area (Å²) in [6.45, 7) is 4.25. The zero-order valence-corrected chi connectivity index (χ0v) is 18.1. The van der Waals surface area contributed by atoms with E-state index in [0.717, 1.165) is 54.2 Å². The van der Waals surface area contributed by atoms with Crippen LogP contribution in [0.2, 0.25) is 0 Å². The molecule has 0 radical (unpaired) electrons. The van der Waals surface area contributed by atoms with E-state index in [-0.39, 0.29) is 6.10 Å². The normalized spacial score (nSPS) is 16.7. The van der Waals surface area contributed by atoms with E-state index in [1.165, 1.54) is 12.8 Å². The average Bonchev–Trinajstić information content (AvgIpc) is 3.49. The van der Waals surface area contributed by atoms with Crippen molar-refractivity contribution in [1.82, 2.24) is 20.0 Å². The van der Waals surface area contributed by atoms with E-state index in [1.54, 1.807) is 12.0 Å². The first-order valence-corrected chi connectivity index (χ1v) is 10.9. The Morgan fingerprint density at radius 3 is 2.47 bits per heavy atom. The highest BCUT2D eigenvalue weighted by molar-refractivity contribution is 5.63. The molecular weight excluding hydrogens is 408 g/mol. The van der Waals surface area contributed by atoms with Crippen LogP contribution in [0.15, 0.2) is 46.9 Å². The molecule has 1 aromatic heterocycles. The number of hydrogen-bond acceptors (Lipinski definition) is 7. The van der Waals surface area contributed by atoms with E-state index in [0.29, 0.717) is 24.9 Å². The molecule has 1 amide bonds. The summed E-state index contributed by atoms with van der Waals surface area (Å²) in [6, 6.07) is 13.6. The lowest BCUT2D eigenvalue weighted by Crippen LogP contribution is -2.52. The Hall–Kier alpha value is -3.39. The van der Waals surface area contributed by atoms with Gasteiger partial charge in [-0.1, -0.05) is 6.07 Å². The second-order valence-corrected chi connectivity index (χ2v) is 8.24. The van der Waals surface area contributed by atoms with Crippen molar-refractivity contribution in [2.45, 2.75) is 25.5 Å². The molecule has 0 aliphatic carbocycles. The first-order valence-electron chi connectivity index (χ1n) is 10.9. The molecule has 32 heavy (non-hydrogen) atoms. The van der Waals surface area contributed by atoms with Gasteiger partial charge in [0.25, 0.3) is 0 Å². The van der Waals surface area contributed by atoms with Gasteiger partial charge in [0.15, 0.2) is 0 Å². The Kier molecular flexibility index (Phi) is 5.77. The van der Waals surface area contributed by atoms with Crippen LogP contribution in [0.5, 0.6) is 11.5 Å². The molecule has 2 aliphatic rings. The number of nitrogens with zero attached hydrogens (tertiary/aromatic N) is 4. The molecule has 3 aromatic rings. The van der Waals surface area contributed by atoms with Crippen LogP contribution < -0.4 is 9.47 Å². The van der Waals surface area contributed by atoms with Crippen LogP contribution in [0, 0.1) is 0 Å². The molecule has 8 nitrogen and oxygen atoms in total. The quantitative estimate of drug-likeness (QED) is 0.504. The highest BCUT2D eigenvalue weighted by atomic mass is 16.5. The predicted molar refractivity (Wildman–Crippen MR) is 118 cm³/mol. The Bertz CT molecular complexity index is 1070. The highest BCUT2D eigenvalue weighted by Gasteiger charge is 2.27. The molecule has 3 heterocycles. The number of benzene rings is 2. The molecule has 2 saturated heterocycles. The van der Waals surface area contributed by atoms with E-state index < -0.39 is 0 Å². The van der Waals surface area contributed by atoms with Crippen molar-refractivity contribution in [3.63, 3.8) is 0 Å². The van der Waals surface area contributed by atoms with Gasteiger partial charge in [0.2, 0.25) is 18.2 Å². The Labute approximate surface area is 186 Å². The minimum Gasteiger partial charge on any atom is -0.497 e. The number of carbonyl (C=O) groups is 1. The van der Waals surface area contributed by atoms with Gasteiger partial charge in [0.1, 0.15) is 17.6 Å². The second-order valence-electron chi connectivity index (χ2n) is 8.24. The lowest BCUT2D eigenvalue weighted by molar-refractivity contribution is -0.126. The summed E-state index contributed by atoms with van der Waals surface area (Å²) >= 11 is 0. The minimum absolute atomic E-state index is 0.00928. The minimum atomic E-state index is 0.00928. The van der Waals surface area contributed by atoms with E-state index in [2.05, 4.69) is 21.2 Å². The molecule has 2 fully saturated rings. The topological polar surface area (TPSA) is 80.9 Å².